The zero-order chi connectivity index (χ0) is 13.9. The van der Waals surface area contributed by atoms with Crippen molar-refractivity contribution < 1.29 is 28.2 Å². The molecule has 0 rings (SSSR count). The third-order valence-corrected chi connectivity index (χ3v) is 1.45. The van der Waals surface area contributed by atoms with E-state index in [1.165, 1.54) is 0 Å². The molecule has 0 unspecified atom stereocenters. The Morgan fingerprint density at radius 2 is 1.71 bits per heavy atom. The summed E-state index contributed by atoms with van der Waals surface area (Å²) < 4.78 is 30.4. The van der Waals surface area contributed by atoms with Gasteiger partial charge in [-0.2, -0.15) is 0 Å². The van der Waals surface area contributed by atoms with Crippen molar-refractivity contribution in [1.82, 2.24) is 4.90 Å². The number of hydrogen-bond acceptors (Lipinski definition) is 3. The van der Waals surface area contributed by atoms with E-state index in [1.807, 2.05) is 0 Å². The van der Waals surface area contributed by atoms with Gasteiger partial charge in [-0.3, -0.25) is 9.69 Å². The Bertz CT molecular complexity index is 294. The van der Waals surface area contributed by atoms with Crippen LogP contribution in [0.5, 0.6) is 0 Å². The molecule has 0 fully saturated rings. The molecule has 100 valence electrons. The molecule has 0 spiro atoms. The largest absolute Gasteiger partial charge is 0.480 e. The van der Waals surface area contributed by atoms with Crippen molar-refractivity contribution >= 4 is 12.1 Å². The molecule has 0 aromatic heterocycles. The van der Waals surface area contributed by atoms with Gasteiger partial charge in [0, 0.05) is 6.92 Å². The number of amides is 1. The Morgan fingerprint density at radius 3 is 2.00 bits per heavy atom. The summed E-state index contributed by atoms with van der Waals surface area (Å²) in [4.78, 5) is 22.4. The van der Waals surface area contributed by atoms with Crippen molar-refractivity contribution in [3.63, 3.8) is 0 Å². The number of rotatable bonds is 4. The maximum absolute atomic E-state index is 12.8. The van der Waals surface area contributed by atoms with Crippen molar-refractivity contribution in [2.24, 2.45) is 0 Å². The topological polar surface area (TPSA) is 66.8 Å². The number of hydrogen-bond donors (Lipinski definition) is 1. The van der Waals surface area contributed by atoms with Crippen LogP contribution in [0.4, 0.5) is 13.6 Å². The zero-order valence-electron chi connectivity index (χ0n) is 10.3. The van der Waals surface area contributed by atoms with Crippen LogP contribution in [0, 0.1) is 0 Å². The predicted octanol–water partition coefficient (Wildman–Crippen LogP) is 1.96. The fourth-order valence-corrected chi connectivity index (χ4v) is 1.01. The highest BCUT2D eigenvalue weighted by atomic mass is 19.3. The number of carboxylic acids is 1. The smallest absolute Gasteiger partial charge is 0.411 e. The quantitative estimate of drug-likeness (QED) is 0.831. The molecule has 0 saturated carbocycles. The van der Waals surface area contributed by atoms with Crippen molar-refractivity contribution in [2.75, 3.05) is 13.1 Å². The van der Waals surface area contributed by atoms with Gasteiger partial charge in [0.05, 0.1) is 6.54 Å². The van der Waals surface area contributed by atoms with Crippen LogP contribution < -0.4 is 0 Å². The molecule has 7 heteroatoms. The van der Waals surface area contributed by atoms with E-state index in [-0.39, 0.29) is 0 Å². The van der Waals surface area contributed by atoms with Gasteiger partial charge in [-0.25, -0.2) is 13.6 Å². The van der Waals surface area contributed by atoms with Crippen molar-refractivity contribution in [3.8, 4) is 0 Å². The van der Waals surface area contributed by atoms with Crippen LogP contribution in [-0.2, 0) is 9.53 Å². The number of carboxylic acid groups (broad SMARTS) is 1. The first-order chi connectivity index (χ1) is 7.41. The monoisotopic (exact) mass is 253 g/mol. The third kappa shape index (κ3) is 8.41. The van der Waals surface area contributed by atoms with Gasteiger partial charge in [0.25, 0.3) is 5.92 Å². The molecule has 0 aromatic rings. The lowest BCUT2D eigenvalue weighted by molar-refractivity contribution is -0.139. The van der Waals surface area contributed by atoms with E-state index < -0.39 is 36.7 Å². The van der Waals surface area contributed by atoms with Crippen LogP contribution in [0.1, 0.15) is 27.7 Å². The second kappa shape index (κ2) is 5.29. The summed E-state index contributed by atoms with van der Waals surface area (Å²) in [6.45, 7) is 3.48. The minimum Gasteiger partial charge on any atom is -0.480 e. The lowest BCUT2D eigenvalue weighted by atomic mass is 10.2. The maximum Gasteiger partial charge on any atom is 0.411 e. The Balaban J connectivity index is 4.68. The summed E-state index contributed by atoms with van der Waals surface area (Å²) in [5, 5.41) is 8.53. The number of aliphatic carboxylic acids is 1. The molecule has 0 saturated heterocycles. The predicted molar refractivity (Wildman–Crippen MR) is 56.1 cm³/mol. The van der Waals surface area contributed by atoms with Gasteiger partial charge in [-0.05, 0) is 20.8 Å². The maximum atomic E-state index is 12.8. The molecular weight excluding hydrogens is 236 g/mol. The Kier molecular flexibility index (Phi) is 4.85. The van der Waals surface area contributed by atoms with Crippen molar-refractivity contribution in [3.05, 3.63) is 0 Å². The molecule has 0 aliphatic carbocycles. The normalized spacial score (nSPS) is 12.1. The first-order valence-corrected chi connectivity index (χ1v) is 4.98. The molecule has 0 aliphatic heterocycles. The highest BCUT2D eigenvalue weighted by Crippen LogP contribution is 2.16. The molecule has 0 radical (unpaired) electrons. The van der Waals surface area contributed by atoms with Gasteiger partial charge < -0.3 is 9.84 Å². The Hall–Kier alpha value is -1.40. The van der Waals surface area contributed by atoms with E-state index in [1.54, 1.807) is 20.8 Å². The van der Waals surface area contributed by atoms with Crippen LogP contribution >= 0.6 is 0 Å². The summed E-state index contributed by atoms with van der Waals surface area (Å²) in [6.07, 6.45) is -1.07. The average molecular weight is 253 g/mol. The van der Waals surface area contributed by atoms with E-state index in [0.29, 0.717) is 11.8 Å². The molecule has 5 nitrogen and oxygen atoms in total. The first kappa shape index (κ1) is 15.6. The summed E-state index contributed by atoms with van der Waals surface area (Å²) >= 11 is 0. The number of nitrogens with zero attached hydrogens (tertiary/aromatic N) is 1. The van der Waals surface area contributed by atoms with E-state index in [9.17, 15) is 18.4 Å². The van der Waals surface area contributed by atoms with Crippen LogP contribution in [0.25, 0.3) is 0 Å². The highest BCUT2D eigenvalue weighted by Gasteiger charge is 2.32. The Labute approximate surface area is 98.3 Å². The number of halogens is 2. The molecule has 0 aromatic carbocycles. The van der Waals surface area contributed by atoms with Crippen LogP contribution in [-0.4, -0.2) is 46.7 Å². The van der Waals surface area contributed by atoms with Gasteiger partial charge in [-0.15, -0.1) is 0 Å². The number of carbonyl (C=O) groups is 2. The standard InChI is InChI=1S/C10H17F2NO4/c1-9(2,3)17-8(16)13(5-7(14)15)6-10(4,11)12/h5-6H2,1-4H3,(H,14,15). The molecule has 1 N–H and O–H groups in total. The molecule has 0 atom stereocenters. The molecule has 0 aliphatic rings. The molecule has 0 bridgehead atoms. The highest BCUT2D eigenvalue weighted by molar-refractivity contribution is 5.76. The van der Waals surface area contributed by atoms with Crippen molar-refractivity contribution in [2.45, 2.75) is 39.2 Å². The SMILES string of the molecule is CC(F)(F)CN(CC(=O)O)C(=O)OC(C)(C)C. The van der Waals surface area contributed by atoms with Crippen LogP contribution in [0.3, 0.4) is 0 Å². The first-order valence-electron chi connectivity index (χ1n) is 4.98. The van der Waals surface area contributed by atoms with Gasteiger partial charge in [0.2, 0.25) is 0 Å². The van der Waals surface area contributed by atoms with Crippen LogP contribution in [0.2, 0.25) is 0 Å². The van der Waals surface area contributed by atoms with Crippen LogP contribution in [0.15, 0.2) is 0 Å². The number of ether oxygens (including phenoxy) is 1. The summed E-state index contributed by atoms with van der Waals surface area (Å²) in [5.74, 6) is -4.55. The minimum atomic E-state index is -3.17. The van der Waals surface area contributed by atoms with Crippen molar-refractivity contribution in [1.29, 1.82) is 0 Å². The lowest BCUT2D eigenvalue weighted by Gasteiger charge is -2.27. The molecule has 1 amide bonds. The number of carbonyl (C=O) groups excluding carboxylic acids is 1. The summed E-state index contributed by atoms with van der Waals surface area (Å²) in [6, 6.07) is 0. The van der Waals surface area contributed by atoms with E-state index >= 15 is 0 Å². The summed E-state index contributed by atoms with van der Waals surface area (Å²) in [7, 11) is 0. The number of alkyl halides is 2. The fourth-order valence-electron chi connectivity index (χ4n) is 1.01. The zero-order valence-corrected chi connectivity index (χ0v) is 10.3. The van der Waals surface area contributed by atoms with E-state index in [2.05, 4.69) is 0 Å². The Morgan fingerprint density at radius 1 is 1.24 bits per heavy atom. The average Bonchev–Trinajstić information content (AvgIpc) is 1.95. The van der Waals surface area contributed by atoms with Gasteiger partial charge in [0.1, 0.15) is 12.1 Å². The summed E-state index contributed by atoms with van der Waals surface area (Å²) in [5.41, 5.74) is -0.864. The lowest BCUT2D eigenvalue weighted by Crippen LogP contribution is -2.44. The fraction of sp³-hybridized carbons (Fsp3) is 0.800. The van der Waals surface area contributed by atoms with Gasteiger partial charge >= 0.3 is 12.1 Å². The second-order valence-corrected chi connectivity index (χ2v) is 4.80. The van der Waals surface area contributed by atoms with Gasteiger partial charge in [-0.1, -0.05) is 0 Å². The van der Waals surface area contributed by atoms with E-state index in [4.69, 9.17) is 9.84 Å². The second-order valence-electron chi connectivity index (χ2n) is 4.80. The van der Waals surface area contributed by atoms with Gasteiger partial charge in [0.15, 0.2) is 0 Å². The third-order valence-electron chi connectivity index (χ3n) is 1.45. The van der Waals surface area contributed by atoms with E-state index in [0.717, 1.165) is 0 Å². The minimum absolute atomic E-state index is 0.466. The molecule has 17 heavy (non-hydrogen) atoms. The molecular formula is C10H17F2NO4. The molecule has 0 heterocycles.